The summed E-state index contributed by atoms with van der Waals surface area (Å²) in [5.74, 6) is -0.162. The van der Waals surface area contributed by atoms with Crippen LogP contribution < -0.4 is 9.46 Å². The summed E-state index contributed by atoms with van der Waals surface area (Å²) in [6.45, 7) is 0. The molecular formula is C5H9ClN4O3S. The Bertz CT molecular complexity index is 389. The normalized spacial score (nSPS) is 11.3. The molecule has 0 aliphatic carbocycles. The van der Waals surface area contributed by atoms with Gasteiger partial charge in [0.2, 0.25) is 16.0 Å². The summed E-state index contributed by atoms with van der Waals surface area (Å²) in [4.78, 5) is 3.67. The maximum absolute atomic E-state index is 11.2. The van der Waals surface area contributed by atoms with E-state index >= 15 is 0 Å². The van der Waals surface area contributed by atoms with Crippen LogP contribution in [0.4, 0.5) is 5.95 Å². The molecule has 1 aromatic heterocycles. The number of methoxy groups -OCH3 is 1. The van der Waals surface area contributed by atoms with Gasteiger partial charge in [-0.2, -0.15) is 4.98 Å². The van der Waals surface area contributed by atoms with E-state index < -0.39 is 10.0 Å². The summed E-state index contributed by atoms with van der Waals surface area (Å²) < 4.78 is 29.2. The van der Waals surface area contributed by atoms with Gasteiger partial charge in [0.15, 0.2) is 0 Å². The van der Waals surface area contributed by atoms with Gasteiger partial charge in [-0.1, -0.05) is 0 Å². The molecule has 0 saturated carbocycles. The topological polar surface area (TPSA) is 97.0 Å². The number of alkyl halides is 1. The van der Waals surface area contributed by atoms with Crippen LogP contribution in [0.25, 0.3) is 0 Å². The Morgan fingerprint density at radius 1 is 1.64 bits per heavy atom. The van der Waals surface area contributed by atoms with E-state index in [1.54, 1.807) is 0 Å². The Hall–Kier alpha value is -1.02. The van der Waals surface area contributed by atoms with Crippen molar-refractivity contribution in [3.05, 3.63) is 0 Å². The highest BCUT2D eigenvalue weighted by atomic mass is 35.5. The number of H-pyrrole nitrogens is 1. The fourth-order valence-corrected chi connectivity index (χ4v) is 1.98. The third-order valence-corrected chi connectivity index (χ3v) is 2.90. The van der Waals surface area contributed by atoms with Crippen molar-refractivity contribution in [1.82, 2.24) is 15.2 Å². The highest BCUT2D eigenvalue weighted by molar-refractivity contribution is 7.92. The minimum Gasteiger partial charge on any atom is -0.466 e. The molecule has 0 atom stereocenters. The number of sulfonamides is 1. The third-order valence-electron chi connectivity index (χ3n) is 1.25. The first kappa shape index (κ1) is 11.1. The summed E-state index contributed by atoms with van der Waals surface area (Å²) in [5, 5.41) is 5.91. The van der Waals surface area contributed by atoms with Crippen LogP contribution in [0.1, 0.15) is 0 Å². The molecular weight excluding hydrogens is 232 g/mol. The maximum Gasteiger partial charge on any atom is 0.336 e. The average Bonchev–Trinajstić information content (AvgIpc) is 2.51. The molecule has 9 heteroatoms. The van der Waals surface area contributed by atoms with Gasteiger partial charge in [0.1, 0.15) is 0 Å². The molecule has 80 valence electrons. The number of aromatic amines is 1. The standard InChI is InChI=1S/C5H9ClN4O3S/c1-13-5-7-4(8-9-5)10-14(11,12)3-2-6/h2-3H2,1H3,(H2,7,8,9,10). The lowest BCUT2D eigenvalue weighted by Crippen LogP contribution is -2.18. The van der Waals surface area contributed by atoms with Gasteiger partial charge in [-0.15, -0.1) is 16.7 Å². The van der Waals surface area contributed by atoms with Crippen LogP contribution in [-0.4, -0.2) is 42.3 Å². The van der Waals surface area contributed by atoms with E-state index in [2.05, 4.69) is 24.6 Å². The van der Waals surface area contributed by atoms with Crippen molar-refractivity contribution < 1.29 is 13.2 Å². The van der Waals surface area contributed by atoms with Crippen molar-refractivity contribution in [3.63, 3.8) is 0 Å². The zero-order valence-electron chi connectivity index (χ0n) is 7.32. The first-order chi connectivity index (χ1) is 6.57. The summed E-state index contributed by atoms with van der Waals surface area (Å²) in [7, 11) is -2.08. The van der Waals surface area contributed by atoms with Gasteiger partial charge >= 0.3 is 6.01 Å². The number of nitrogens with one attached hydrogen (secondary N) is 2. The van der Waals surface area contributed by atoms with E-state index in [9.17, 15) is 8.42 Å². The zero-order chi connectivity index (χ0) is 10.6. The highest BCUT2D eigenvalue weighted by Gasteiger charge is 2.12. The smallest absolute Gasteiger partial charge is 0.336 e. The van der Waals surface area contributed by atoms with Crippen molar-refractivity contribution in [2.45, 2.75) is 0 Å². The number of hydrogen-bond acceptors (Lipinski definition) is 5. The molecule has 0 saturated heterocycles. The van der Waals surface area contributed by atoms with Gasteiger partial charge in [0.25, 0.3) is 0 Å². The Balaban J connectivity index is 2.69. The fourth-order valence-electron chi connectivity index (χ4n) is 0.683. The number of aromatic nitrogens is 3. The van der Waals surface area contributed by atoms with Gasteiger partial charge < -0.3 is 4.74 Å². The molecule has 0 bridgehead atoms. The fraction of sp³-hybridized carbons (Fsp3) is 0.600. The van der Waals surface area contributed by atoms with Crippen molar-refractivity contribution in [1.29, 1.82) is 0 Å². The lowest BCUT2D eigenvalue weighted by atomic mass is 11.0. The highest BCUT2D eigenvalue weighted by Crippen LogP contribution is 2.06. The predicted molar refractivity (Wildman–Crippen MR) is 51.1 cm³/mol. The van der Waals surface area contributed by atoms with Crippen LogP contribution in [0, 0.1) is 0 Å². The van der Waals surface area contributed by atoms with Gasteiger partial charge in [0.05, 0.1) is 12.9 Å². The van der Waals surface area contributed by atoms with Gasteiger partial charge in [-0.3, -0.25) is 4.72 Å². The van der Waals surface area contributed by atoms with Crippen molar-refractivity contribution in [2.75, 3.05) is 23.5 Å². The number of nitrogens with zero attached hydrogens (tertiary/aromatic N) is 2. The Morgan fingerprint density at radius 3 is 2.86 bits per heavy atom. The molecule has 1 heterocycles. The lowest BCUT2D eigenvalue weighted by molar-refractivity contribution is 0.382. The molecule has 1 aromatic rings. The second-order valence-corrected chi connectivity index (χ2v) is 4.50. The van der Waals surface area contributed by atoms with E-state index in [1.165, 1.54) is 7.11 Å². The molecule has 7 nitrogen and oxygen atoms in total. The van der Waals surface area contributed by atoms with E-state index in [4.69, 9.17) is 11.6 Å². The SMILES string of the molecule is COc1n[nH]c(NS(=O)(=O)CCCl)n1. The first-order valence-corrected chi connectivity index (χ1v) is 5.79. The van der Waals surface area contributed by atoms with E-state index in [1.807, 2.05) is 0 Å². The molecule has 14 heavy (non-hydrogen) atoms. The minimum atomic E-state index is -3.45. The van der Waals surface area contributed by atoms with Crippen LogP contribution in [0.3, 0.4) is 0 Å². The molecule has 0 aromatic carbocycles. The summed E-state index contributed by atoms with van der Waals surface area (Å²) in [6.07, 6.45) is 0. The van der Waals surface area contributed by atoms with Crippen LogP contribution >= 0.6 is 11.6 Å². The van der Waals surface area contributed by atoms with Crippen LogP contribution in [0.2, 0.25) is 0 Å². The Labute approximate surface area is 85.9 Å². The van der Waals surface area contributed by atoms with Gasteiger partial charge in [0, 0.05) is 5.88 Å². The second kappa shape index (κ2) is 4.47. The zero-order valence-corrected chi connectivity index (χ0v) is 8.89. The van der Waals surface area contributed by atoms with Crippen LogP contribution in [0.5, 0.6) is 6.01 Å². The third kappa shape index (κ3) is 3.04. The maximum atomic E-state index is 11.2. The summed E-state index contributed by atoms with van der Waals surface area (Å²) in [5.41, 5.74) is 0. The molecule has 0 fully saturated rings. The van der Waals surface area contributed by atoms with E-state index in [-0.39, 0.29) is 23.6 Å². The molecule has 0 radical (unpaired) electrons. The summed E-state index contributed by atoms with van der Waals surface area (Å²) in [6, 6.07) is 0.0635. The average molecular weight is 241 g/mol. The number of rotatable bonds is 5. The predicted octanol–water partition coefficient (Wildman–Crippen LogP) is -0.206. The Kier molecular flexibility index (Phi) is 3.53. The largest absolute Gasteiger partial charge is 0.466 e. The van der Waals surface area contributed by atoms with E-state index in [0.717, 1.165) is 0 Å². The first-order valence-electron chi connectivity index (χ1n) is 3.60. The van der Waals surface area contributed by atoms with Gasteiger partial charge in [-0.25, -0.2) is 13.5 Å². The molecule has 0 amide bonds. The van der Waals surface area contributed by atoms with Crippen LogP contribution in [0.15, 0.2) is 0 Å². The van der Waals surface area contributed by atoms with E-state index in [0.29, 0.717) is 0 Å². The lowest BCUT2D eigenvalue weighted by Gasteiger charge is -2.00. The van der Waals surface area contributed by atoms with Crippen molar-refractivity contribution >= 4 is 27.6 Å². The van der Waals surface area contributed by atoms with Gasteiger partial charge in [-0.05, 0) is 0 Å². The van der Waals surface area contributed by atoms with Crippen molar-refractivity contribution in [2.24, 2.45) is 0 Å². The molecule has 0 unspecified atom stereocenters. The molecule has 0 aliphatic rings. The molecule has 1 rings (SSSR count). The Morgan fingerprint density at radius 2 is 2.36 bits per heavy atom. The quantitative estimate of drug-likeness (QED) is 0.695. The number of ether oxygens (including phenoxy) is 1. The summed E-state index contributed by atoms with van der Waals surface area (Å²) >= 11 is 5.29. The number of anilines is 1. The molecule has 0 spiro atoms. The monoisotopic (exact) mass is 240 g/mol. The molecule has 2 N–H and O–H groups in total. The van der Waals surface area contributed by atoms with Crippen molar-refractivity contribution in [3.8, 4) is 6.01 Å². The molecule has 0 aliphatic heterocycles. The minimum absolute atomic E-state index is 0.00645. The number of hydrogen-bond donors (Lipinski definition) is 2. The number of halogens is 1. The second-order valence-electron chi connectivity index (χ2n) is 2.28. The van der Waals surface area contributed by atoms with Crippen LogP contribution in [-0.2, 0) is 10.0 Å².